The highest BCUT2D eigenvalue weighted by Crippen LogP contribution is 2.22. The minimum Gasteiger partial charge on any atom is -0.494 e. The Morgan fingerprint density at radius 2 is 1.62 bits per heavy atom. The van der Waals surface area contributed by atoms with Crippen LogP contribution in [0.4, 0.5) is 30.8 Å². The van der Waals surface area contributed by atoms with Crippen molar-refractivity contribution in [3.63, 3.8) is 0 Å². The summed E-state index contributed by atoms with van der Waals surface area (Å²) in [6.07, 6.45) is 0.691. The van der Waals surface area contributed by atoms with E-state index >= 15 is 0 Å². The summed E-state index contributed by atoms with van der Waals surface area (Å²) in [4.78, 5) is 38.8. The number of hydrogen-bond acceptors (Lipinski definition) is 10. The molecule has 4 aliphatic rings. The molecule has 5 heterocycles. The van der Waals surface area contributed by atoms with Crippen LogP contribution in [-0.2, 0) is 11.3 Å². The van der Waals surface area contributed by atoms with Crippen LogP contribution in [0.2, 0.25) is 0 Å². The SMILES string of the molecule is O=C1NC(C2CCCNC2)C(=O)NCCCCCCOc2ccc(cc2)CNc2nc(nc(OCC(F)(F)F)n2)Nc2ccc1cc2. The first kappa shape index (κ1) is 33.7. The number of aromatic nitrogens is 3. The molecule has 0 spiro atoms. The van der Waals surface area contributed by atoms with Gasteiger partial charge < -0.3 is 36.1 Å². The summed E-state index contributed by atoms with van der Waals surface area (Å²) in [6.45, 7) is 1.27. The zero-order valence-electron chi connectivity index (χ0n) is 25.9. The molecule has 3 aromatic rings. The number of rotatable bonds is 3. The molecule has 2 aromatic carbocycles. The quantitative estimate of drug-likeness (QED) is 0.276. The fourth-order valence-electron chi connectivity index (χ4n) is 5.30. The van der Waals surface area contributed by atoms with Crippen molar-refractivity contribution in [2.45, 2.75) is 57.3 Å². The number of piperidine rings is 1. The van der Waals surface area contributed by atoms with Gasteiger partial charge in [0.2, 0.25) is 17.8 Å². The summed E-state index contributed by atoms with van der Waals surface area (Å²) in [6, 6.07) is 12.6. The molecule has 15 heteroatoms. The molecule has 12 nitrogen and oxygen atoms in total. The molecule has 0 aliphatic carbocycles. The summed E-state index contributed by atoms with van der Waals surface area (Å²) < 4.78 is 49.3. The summed E-state index contributed by atoms with van der Waals surface area (Å²) in [5, 5.41) is 15.2. The summed E-state index contributed by atoms with van der Waals surface area (Å²) >= 11 is 0. The number of carbonyl (C=O) groups is 2. The van der Waals surface area contributed by atoms with Crippen LogP contribution < -0.4 is 36.1 Å². The second-order valence-electron chi connectivity index (χ2n) is 11.5. The summed E-state index contributed by atoms with van der Waals surface area (Å²) in [7, 11) is 0. The number of nitrogens with zero attached hydrogens (tertiary/aromatic N) is 3. The fourth-order valence-corrected chi connectivity index (χ4v) is 5.30. The van der Waals surface area contributed by atoms with E-state index in [2.05, 4.69) is 41.5 Å². The van der Waals surface area contributed by atoms with Crippen LogP contribution in [0.3, 0.4) is 0 Å². The summed E-state index contributed by atoms with van der Waals surface area (Å²) in [5.41, 5.74) is 1.66. The minimum absolute atomic E-state index is 0.000963. The molecular formula is C32H39F3N8O4. The third-order valence-electron chi connectivity index (χ3n) is 7.77. The zero-order valence-corrected chi connectivity index (χ0v) is 25.9. The van der Waals surface area contributed by atoms with Crippen LogP contribution in [0.25, 0.3) is 0 Å². The van der Waals surface area contributed by atoms with Gasteiger partial charge in [0.15, 0.2) is 6.61 Å². The number of nitrogens with one attached hydrogen (secondary N) is 5. The summed E-state index contributed by atoms with van der Waals surface area (Å²) in [5.74, 6) is -0.00442. The second kappa shape index (κ2) is 16.3. The van der Waals surface area contributed by atoms with Gasteiger partial charge in [0.05, 0.1) is 6.61 Å². The monoisotopic (exact) mass is 656 g/mol. The topological polar surface area (TPSA) is 151 Å². The molecule has 2 unspecified atom stereocenters. The van der Waals surface area contributed by atoms with Crippen molar-refractivity contribution in [3.8, 4) is 11.8 Å². The van der Waals surface area contributed by atoms with Gasteiger partial charge in [0, 0.05) is 36.8 Å². The highest BCUT2D eigenvalue weighted by Gasteiger charge is 2.31. The Hall–Kier alpha value is -4.66. The molecule has 47 heavy (non-hydrogen) atoms. The number of fused-ring (bicyclic) bond motifs is 2. The Balaban J connectivity index is 1.36. The van der Waals surface area contributed by atoms with Crippen molar-refractivity contribution < 1.29 is 32.2 Å². The molecule has 5 N–H and O–H groups in total. The van der Waals surface area contributed by atoms with E-state index in [1.807, 2.05) is 24.3 Å². The van der Waals surface area contributed by atoms with Crippen molar-refractivity contribution in [3.05, 3.63) is 59.7 Å². The van der Waals surface area contributed by atoms with Crippen molar-refractivity contribution in [2.75, 3.05) is 43.5 Å². The largest absolute Gasteiger partial charge is 0.494 e. The molecular weight excluding hydrogens is 617 g/mol. The number of benzene rings is 2. The molecule has 0 saturated carbocycles. The van der Waals surface area contributed by atoms with Crippen molar-refractivity contribution >= 4 is 29.4 Å². The number of amides is 2. The van der Waals surface area contributed by atoms with Gasteiger partial charge in [-0.15, -0.1) is 0 Å². The molecule has 4 aliphatic heterocycles. The first-order valence-corrected chi connectivity index (χ1v) is 15.8. The molecule has 7 rings (SSSR count). The van der Waals surface area contributed by atoms with E-state index < -0.39 is 30.7 Å². The maximum atomic E-state index is 13.3. The molecule has 1 aromatic heterocycles. The Kier molecular flexibility index (Phi) is 11.7. The van der Waals surface area contributed by atoms with Crippen LogP contribution in [0, 0.1) is 5.92 Å². The van der Waals surface area contributed by atoms with E-state index in [0.29, 0.717) is 36.7 Å². The number of ether oxygens (including phenoxy) is 2. The van der Waals surface area contributed by atoms with Gasteiger partial charge in [-0.2, -0.15) is 28.1 Å². The standard InChI is InChI=1S/C32H39F3N8O4/c33-32(34,35)20-47-31-42-29-38-18-21-7-13-25(14-8-21)46-17-4-2-1-3-16-37-28(45)26(23-6-5-15-36-19-23)40-27(44)22-9-11-24(12-10-22)39-30(41-29)43-31/h7-14,23,26,36H,1-6,15-20H2,(H,37,45)(H,40,44)(H2,38,39,41,42,43). The van der Waals surface area contributed by atoms with Crippen molar-refractivity contribution in [2.24, 2.45) is 5.92 Å². The van der Waals surface area contributed by atoms with Gasteiger partial charge in [-0.25, -0.2) is 0 Å². The molecule has 6 bridgehead atoms. The average Bonchev–Trinajstić information content (AvgIpc) is 3.07. The molecule has 1 fully saturated rings. The number of anilines is 3. The molecule has 0 radical (unpaired) electrons. The van der Waals surface area contributed by atoms with E-state index in [9.17, 15) is 22.8 Å². The Labute approximate surface area is 270 Å². The molecule has 252 valence electrons. The Bertz CT molecular complexity index is 1470. The van der Waals surface area contributed by atoms with Crippen LogP contribution in [0.1, 0.15) is 54.4 Å². The minimum atomic E-state index is -4.59. The molecule has 1 saturated heterocycles. The lowest BCUT2D eigenvalue weighted by Crippen LogP contribution is -2.54. The van der Waals surface area contributed by atoms with Gasteiger partial charge >= 0.3 is 12.2 Å². The second-order valence-corrected chi connectivity index (χ2v) is 11.5. The lowest BCUT2D eigenvalue weighted by molar-refractivity contribution is -0.154. The van der Waals surface area contributed by atoms with Crippen LogP contribution in [0.15, 0.2) is 48.5 Å². The van der Waals surface area contributed by atoms with Gasteiger partial charge in [-0.05, 0) is 74.2 Å². The van der Waals surface area contributed by atoms with Crippen LogP contribution in [0.5, 0.6) is 11.8 Å². The van der Waals surface area contributed by atoms with E-state index in [1.54, 1.807) is 24.3 Å². The van der Waals surface area contributed by atoms with Gasteiger partial charge in [0.1, 0.15) is 11.8 Å². The third kappa shape index (κ3) is 10.7. The lowest BCUT2D eigenvalue weighted by atomic mass is 9.90. The van der Waals surface area contributed by atoms with E-state index in [1.165, 1.54) is 0 Å². The highest BCUT2D eigenvalue weighted by molar-refractivity contribution is 5.98. The number of alkyl halides is 3. The van der Waals surface area contributed by atoms with Gasteiger partial charge in [-0.1, -0.05) is 25.0 Å². The maximum absolute atomic E-state index is 13.3. The number of halogens is 3. The first-order valence-electron chi connectivity index (χ1n) is 15.8. The van der Waals surface area contributed by atoms with Crippen molar-refractivity contribution in [1.82, 2.24) is 30.9 Å². The smallest absolute Gasteiger partial charge is 0.422 e. The Morgan fingerprint density at radius 1 is 0.851 bits per heavy atom. The average molecular weight is 657 g/mol. The lowest BCUT2D eigenvalue weighted by Gasteiger charge is -2.30. The van der Waals surface area contributed by atoms with E-state index in [-0.39, 0.29) is 30.3 Å². The first-order chi connectivity index (χ1) is 22.7. The number of hydrogen-bond donors (Lipinski definition) is 5. The van der Waals surface area contributed by atoms with Crippen LogP contribution in [-0.4, -0.2) is 71.8 Å². The van der Waals surface area contributed by atoms with Crippen molar-refractivity contribution in [1.29, 1.82) is 0 Å². The Morgan fingerprint density at radius 3 is 2.36 bits per heavy atom. The zero-order chi connectivity index (χ0) is 33.1. The maximum Gasteiger partial charge on any atom is 0.422 e. The van der Waals surface area contributed by atoms with Gasteiger partial charge in [-0.3, -0.25) is 9.59 Å². The number of carbonyl (C=O) groups excluding carboxylic acids is 2. The predicted octanol–water partition coefficient (Wildman–Crippen LogP) is 4.34. The predicted molar refractivity (Wildman–Crippen MR) is 169 cm³/mol. The highest BCUT2D eigenvalue weighted by atomic mass is 19.4. The fraction of sp³-hybridized carbons (Fsp3) is 0.469. The third-order valence-corrected chi connectivity index (χ3v) is 7.77. The van der Waals surface area contributed by atoms with E-state index in [0.717, 1.165) is 50.6 Å². The van der Waals surface area contributed by atoms with E-state index in [4.69, 9.17) is 9.47 Å². The van der Waals surface area contributed by atoms with Crippen LogP contribution >= 0.6 is 0 Å². The molecule has 2 amide bonds. The van der Waals surface area contributed by atoms with Gasteiger partial charge in [0.25, 0.3) is 5.91 Å². The molecule has 2 atom stereocenters. The normalized spacial score (nSPS) is 20.2.